The number of nitrogens with one attached hydrogen (secondary N) is 1. The van der Waals surface area contributed by atoms with Crippen LogP contribution in [0.25, 0.3) is 11.8 Å². The van der Waals surface area contributed by atoms with Crippen molar-refractivity contribution in [3.63, 3.8) is 0 Å². The van der Waals surface area contributed by atoms with E-state index in [1.165, 1.54) is 6.08 Å². The zero-order chi connectivity index (χ0) is 22.0. The van der Waals surface area contributed by atoms with Gasteiger partial charge in [-0.1, -0.05) is 30.3 Å². The number of aromatic nitrogens is 1. The third-order valence-electron chi connectivity index (χ3n) is 4.96. The van der Waals surface area contributed by atoms with Crippen LogP contribution in [0, 0.1) is 6.92 Å². The van der Waals surface area contributed by atoms with Crippen LogP contribution in [-0.4, -0.2) is 29.0 Å². The molecule has 0 radical (unpaired) electrons. The average molecular weight is 415 g/mol. The van der Waals surface area contributed by atoms with Crippen LogP contribution < -0.4 is 15.0 Å². The third kappa shape index (κ3) is 3.73. The van der Waals surface area contributed by atoms with Crippen molar-refractivity contribution in [2.75, 3.05) is 11.5 Å². The number of carbonyl (C=O) groups excluding carboxylic acids is 3. The Bertz CT molecular complexity index is 1210. The quantitative estimate of drug-likeness (QED) is 0.507. The van der Waals surface area contributed by atoms with Crippen LogP contribution in [0.2, 0.25) is 0 Å². The van der Waals surface area contributed by atoms with Gasteiger partial charge in [-0.25, -0.2) is 9.69 Å². The Labute approximate surface area is 179 Å². The molecule has 1 aromatic heterocycles. The van der Waals surface area contributed by atoms with E-state index in [1.807, 2.05) is 54.9 Å². The Balaban J connectivity index is 1.77. The molecule has 0 unspecified atom stereocenters. The summed E-state index contributed by atoms with van der Waals surface area (Å²) in [6, 6.07) is 17.3. The first kappa shape index (κ1) is 20.2. The fourth-order valence-corrected chi connectivity index (χ4v) is 3.51. The highest BCUT2D eigenvalue weighted by Gasteiger charge is 2.38. The lowest BCUT2D eigenvalue weighted by Gasteiger charge is -2.27. The Morgan fingerprint density at radius 1 is 0.935 bits per heavy atom. The zero-order valence-electron chi connectivity index (χ0n) is 17.2. The van der Waals surface area contributed by atoms with Crippen LogP contribution in [-0.2, 0) is 9.59 Å². The monoisotopic (exact) mass is 415 g/mol. The van der Waals surface area contributed by atoms with Gasteiger partial charge in [-0.15, -0.1) is 0 Å². The minimum atomic E-state index is -0.811. The maximum Gasteiger partial charge on any atom is 0.336 e. The van der Waals surface area contributed by atoms with Crippen molar-refractivity contribution < 1.29 is 19.1 Å². The number of hydrogen-bond donors (Lipinski definition) is 1. The predicted octanol–water partition coefficient (Wildman–Crippen LogP) is 3.85. The van der Waals surface area contributed by atoms with Gasteiger partial charge in [0.2, 0.25) is 0 Å². The highest BCUT2D eigenvalue weighted by atomic mass is 16.5. The summed E-state index contributed by atoms with van der Waals surface area (Å²) in [6.07, 6.45) is 3.35. The second kappa shape index (κ2) is 8.31. The van der Waals surface area contributed by atoms with Gasteiger partial charge in [0.1, 0.15) is 11.3 Å². The smallest absolute Gasteiger partial charge is 0.336 e. The van der Waals surface area contributed by atoms with E-state index in [2.05, 4.69) is 5.32 Å². The maximum atomic E-state index is 13.3. The molecule has 0 spiro atoms. The molecule has 0 saturated carbocycles. The second-order valence-electron chi connectivity index (χ2n) is 6.95. The number of urea groups is 1. The van der Waals surface area contributed by atoms with Gasteiger partial charge in [-0.2, -0.15) is 0 Å². The van der Waals surface area contributed by atoms with E-state index in [4.69, 9.17) is 4.74 Å². The van der Waals surface area contributed by atoms with Crippen molar-refractivity contribution in [3.05, 3.63) is 83.7 Å². The summed E-state index contributed by atoms with van der Waals surface area (Å²) in [5.74, 6) is -1.07. The molecular weight excluding hydrogens is 394 g/mol. The molecule has 1 aliphatic rings. The summed E-state index contributed by atoms with van der Waals surface area (Å²) in [5.41, 5.74) is 2.75. The molecule has 0 aliphatic carbocycles. The molecule has 4 rings (SSSR count). The van der Waals surface area contributed by atoms with E-state index in [9.17, 15) is 14.4 Å². The number of aryl methyl sites for hydroxylation is 1. The molecule has 2 aromatic carbocycles. The Morgan fingerprint density at radius 3 is 2.39 bits per heavy atom. The molecule has 4 amide bonds. The number of barbiturate groups is 1. The molecule has 7 nitrogen and oxygen atoms in total. The maximum absolute atomic E-state index is 13.3. The van der Waals surface area contributed by atoms with Crippen molar-refractivity contribution in [3.8, 4) is 11.4 Å². The van der Waals surface area contributed by atoms with E-state index in [0.29, 0.717) is 18.1 Å². The number of rotatable bonds is 5. The molecule has 7 heteroatoms. The standard InChI is InChI=1S/C24H21N3O4/c1-3-31-21-13-7-6-12-20(21)27-23(29)18(22(28)25-24(27)30)15-17-10-8-14-26(17)19-11-5-4-9-16(19)2/h4-15H,3H2,1-2H3,(H,25,28,30)/b18-15+. The van der Waals surface area contributed by atoms with E-state index in [0.717, 1.165) is 16.2 Å². The van der Waals surface area contributed by atoms with Gasteiger partial charge in [0.25, 0.3) is 11.8 Å². The number of ether oxygens (including phenoxy) is 1. The first-order valence-corrected chi connectivity index (χ1v) is 9.88. The first-order valence-electron chi connectivity index (χ1n) is 9.88. The van der Waals surface area contributed by atoms with Gasteiger partial charge in [-0.3, -0.25) is 14.9 Å². The largest absolute Gasteiger partial charge is 0.492 e. The topological polar surface area (TPSA) is 80.6 Å². The molecule has 1 saturated heterocycles. The normalized spacial score (nSPS) is 15.4. The molecule has 1 aliphatic heterocycles. The molecule has 31 heavy (non-hydrogen) atoms. The summed E-state index contributed by atoms with van der Waals surface area (Å²) in [4.78, 5) is 39.3. The van der Waals surface area contributed by atoms with Crippen LogP contribution in [0.15, 0.2) is 72.4 Å². The minimum Gasteiger partial charge on any atom is -0.492 e. The highest BCUT2D eigenvalue weighted by Crippen LogP contribution is 2.31. The van der Waals surface area contributed by atoms with Gasteiger partial charge in [-0.05, 0) is 55.8 Å². The number of benzene rings is 2. The van der Waals surface area contributed by atoms with E-state index in [1.54, 1.807) is 30.3 Å². The zero-order valence-corrected chi connectivity index (χ0v) is 17.2. The lowest BCUT2D eigenvalue weighted by molar-refractivity contribution is -0.122. The van der Waals surface area contributed by atoms with E-state index in [-0.39, 0.29) is 11.3 Å². The van der Waals surface area contributed by atoms with Crippen LogP contribution in [0.3, 0.4) is 0 Å². The Kier molecular flexibility index (Phi) is 5.41. The van der Waals surface area contributed by atoms with Gasteiger partial charge in [0.05, 0.1) is 12.3 Å². The lowest BCUT2D eigenvalue weighted by Crippen LogP contribution is -2.54. The molecule has 1 fully saturated rings. The second-order valence-corrected chi connectivity index (χ2v) is 6.95. The molecular formula is C24H21N3O4. The van der Waals surface area contributed by atoms with Crippen molar-refractivity contribution in [2.45, 2.75) is 13.8 Å². The first-order chi connectivity index (χ1) is 15.0. The predicted molar refractivity (Wildman–Crippen MR) is 117 cm³/mol. The fourth-order valence-electron chi connectivity index (χ4n) is 3.51. The summed E-state index contributed by atoms with van der Waals surface area (Å²) in [7, 11) is 0. The van der Waals surface area contributed by atoms with Crippen molar-refractivity contribution in [1.82, 2.24) is 9.88 Å². The van der Waals surface area contributed by atoms with Crippen molar-refractivity contribution in [2.24, 2.45) is 0 Å². The molecule has 2 heterocycles. The summed E-state index contributed by atoms with van der Waals surface area (Å²) in [6.45, 7) is 4.16. The number of anilines is 1. The average Bonchev–Trinajstić information content (AvgIpc) is 3.21. The minimum absolute atomic E-state index is 0.139. The number of nitrogens with zero attached hydrogens (tertiary/aromatic N) is 2. The summed E-state index contributed by atoms with van der Waals surface area (Å²) in [5, 5.41) is 2.25. The number of hydrogen-bond acceptors (Lipinski definition) is 4. The van der Waals surface area contributed by atoms with Gasteiger partial charge in [0.15, 0.2) is 0 Å². The number of para-hydroxylation sites is 3. The highest BCUT2D eigenvalue weighted by molar-refractivity contribution is 6.39. The van der Waals surface area contributed by atoms with Crippen LogP contribution >= 0.6 is 0 Å². The van der Waals surface area contributed by atoms with Gasteiger partial charge >= 0.3 is 6.03 Å². The molecule has 3 aromatic rings. The van der Waals surface area contributed by atoms with Crippen LogP contribution in [0.5, 0.6) is 5.75 Å². The number of carbonyl (C=O) groups is 3. The molecule has 0 atom stereocenters. The fraction of sp³-hybridized carbons (Fsp3) is 0.125. The van der Waals surface area contributed by atoms with Crippen molar-refractivity contribution in [1.29, 1.82) is 0 Å². The van der Waals surface area contributed by atoms with Crippen LogP contribution in [0.1, 0.15) is 18.2 Å². The Morgan fingerprint density at radius 2 is 1.65 bits per heavy atom. The molecule has 0 bridgehead atoms. The van der Waals surface area contributed by atoms with E-state index < -0.39 is 17.8 Å². The SMILES string of the molecule is CCOc1ccccc1N1C(=O)NC(=O)/C(=C\c2cccn2-c2ccccc2C)C1=O. The van der Waals surface area contributed by atoms with Crippen molar-refractivity contribution >= 4 is 29.6 Å². The van der Waals surface area contributed by atoms with Gasteiger partial charge < -0.3 is 9.30 Å². The number of amides is 4. The van der Waals surface area contributed by atoms with E-state index >= 15 is 0 Å². The van der Waals surface area contributed by atoms with Gasteiger partial charge in [0, 0.05) is 17.6 Å². The van der Waals surface area contributed by atoms with Crippen LogP contribution in [0.4, 0.5) is 10.5 Å². The lowest BCUT2D eigenvalue weighted by atomic mass is 10.1. The molecule has 1 N–H and O–H groups in total. The summed E-state index contributed by atoms with van der Waals surface area (Å²) < 4.78 is 7.45. The molecule has 156 valence electrons. The third-order valence-corrected chi connectivity index (χ3v) is 4.96. The number of imide groups is 2. The Hall–Kier alpha value is -4.13. The summed E-state index contributed by atoms with van der Waals surface area (Å²) >= 11 is 0.